The highest BCUT2D eigenvalue weighted by atomic mass is 19.1. The summed E-state index contributed by atoms with van der Waals surface area (Å²) in [6.45, 7) is 8.43. The monoisotopic (exact) mass is 609 g/mol. The average Bonchev–Trinajstić information content (AvgIpc) is 3.03. The van der Waals surface area contributed by atoms with Gasteiger partial charge in [0, 0.05) is 29.2 Å². The van der Waals surface area contributed by atoms with Crippen molar-refractivity contribution >= 4 is 6.09 Å². The van der Waals surface area contributed by atoms with Crippen molar-refractivity contribution in [3.05, 3.63) is 114 Å². The first kappa shape index (κ1) is 30.6. The molecule has 2 aliphatic rings. The number of pyridine rings is 1. The summed E-state index contributed by atoms with van der Waals surface area (Å²) in [6.07, 6.45) is 1.32. The fourth-order valence-corrected chi connectivity index (χ4v) is 6.29. The lowest BCUT2D eigenvalue weighted by molar-refractivity contribution is -0.0982. The molecule has 2 fully saturated rings. The quantitative estimate of drug-likeness (QED) is 0.221. The van der Waals surface area contributed by atoms with Crippen molar-refractivity contribution in [1.82, 2.24) is 15.2 Å². The van der Waals surface area contributed by atoms with E-state index >= 15 is 4.39 Å². The summed E-state index contributed by atoms with van der Waals surface area (Å²) < 4.78 is 34.1. The molecule has 2 aliphatic heterocycles. The van der Waals surface area contributed by atoms with E-state index in [1.807, 2.05) is 93.6 Å². The molecule has 7 nitrogen and oxygen atoms in total. The van der Waals surface area contributed by atoms with Crippen LogP contribution in [0.2, 0.25) is 0 Å². The van der Waals surface area contributed by atoms with Gasteiger partial charge >= 0.3 is 6.09 Å². The largest absolute Gasteiger partial charge is 0.473 e. The number of carbonyl (C=O) groups is 1. The number of ether oxygens (including phenoxy) is 3. The van der Waals surface area contributed by atoms with Gasteiger partial charge in [0.25, 0.3) is 0 Å². The summed E-state index contributed by atoms with van der Waals surface area (Å²) in [4.78, 5) is 19.6. The molecule has 234 valence electrons. The van der Waals surface area contributed by atoms with E-state index in [0.29, 0.717) is 48.2 Å². The molecule has 1 N–H and O–H groups in total. The van der Waals surface area contributed by atoms with Gasteiger partial charge in [-0.05, 0) is 75.5 Å². The molecular formula is C37H40FN3O4. The second-order valence-corrected chi connectivity index (χ2v) is 12.9. The van der Waals surface area contributed by atoms with E-state index in [1.165, 1.54) is 6.07 Å². The van der Waals surface area contributed by atoms with Gasteiger partial charge in [0.05, 0.1) is 6.04 Å². The number of halogens is 1. The molecule has 3 heterocycles. The summed E-state index contributed by atoms with van der Waals surface area (Å²) in [5.74, 6) is 0.394. The maximum absolute atomic E-state index is 16.2. The molecule has 4 aromatic rings. The zero-order valence-corrected chi connectivity index (χ0v) is 26.1. The van der Waals surface area contributed by atoms with Crippen molar-refractivity contribution in [2.24, 2.45) is 5.41 Å². The molecule has 45 heavy (non-hydrogen) atoms. The lowest BCUT2D eigenvalue weighted by Crippen LogP contribution is -2.64. The number of nitrogens with zero attached hydrogens (tertiary/aromatic N) is 2. The zero-order chi connectivity index (χ0) is 31.4. The van der Waals surface area contributed by atoms with Crippen LogP contribution in [0.4, 0.5) is 9.18 Å². The molecule has 1 amide bonds. The van der Waals surface area contributed by atoms with Crippen LogP contribution in [-0.2, 0) is 18.0 Å². The molecule has 0 bridgehead atoms. The maximum atomic E-state index is 16.2. The number of nitrogens with one attached hydrogen (secondary N) is 1. The van der Waals surface area contributed by atoms with Gasteiger partial charge in [0.1, 0.15) is 24.6 Å². The van der Waals surface area contributed by atoms with Crippen LogP contribution in [0.1, 0.15) is 56.3 Å². The first-order valence-electron chi connectivity index (χ1n) is 15.6. The van der Waals surface area contributed by atoms with Crippen molar-refractivity contribution in [3.63, 3.8) is 0 Å². The number of benzene rings is 3. The van der Waals surface area contributed by atoms with E-state index in [4.69, 9.17) is 14.2 Å². The predicted octanol–water partition coefficient (Wildman–Crippen LogP) is 7.71. The molecule has 1 aromatic heterocycles. The summed E-state index contributed by atoms with van der Waals surface area (Å²) in [7, 11) is 0. The van der Waals surface area contributed by atoms with Crippen LogP contribution in [0.5, 0.6) is 11.8 Å². The van der Waals surface area contributed by atoms with Crippen molar-refractivity contribution in [2.75, 3.05) is 19.6 Å². The lowest BCUT2D eigenvalue weighted by Gasteiger charge is -2.59. The van der Waals surface area contributed by atoms with Gasteiger partial charge in [-0.2, -0.15) is 4.98 Å². The van der Waals surface area contributed by atoms with Gasteiger partial charge in [0.2, 0.25) is 11.8 Å². The number of likely N-dealkylation sites (tertiary alicyclic amines) is 1. The van der Waals surface area contributed by atoms with Crippen LogP contribution in [0.25, 0.3) is 11.1 Å². The van der Waals surface area contributed by atoms with E-state index in [9.17, 15) is 4.79 Å². The van der Waals surface area contributed by atoms with Crippen LogP contribution in [0.15, 0.2) is 91.0 Å². The second kappa shape index (κ2) is 12.9. The summed E-state index contributed by atoms with van der Waals surface area (Å²) in [5.41, 5.74) is 2.97. The van der Waals surface area contributed by atoms with Crippen molar-refractivity contribution in [3.8, 4) is 22.9 Å². The normalized spacial score (nSPS) is 17.4. The Morgan fingerprint density at radius 1 is 0.911 bits per heavy atom. The third-order valence-electron chi connectivity index (χ3n) is 8.49. The Bertz CT molecular complexity index is 1620. The number of amides is 1. The first-order valence-corrected chi connectivity index (χ1v) is 15.6. The van der Waals surface area contributed by atoms with Crippen molar-refractivity contribution in [1.29, 1.82) is 0 Å². The Morgan fingerprint density at radius 3 is 2.18 bits per heavy atom. The van der Waals surface area contributed by atoms with Crippen LogP contribution in [0, 0.1) is 11.2 Å². The number of carbonyl (C=O) groups excluding carboxylic acids is 1. The van der Waals surface area contributed by atoms with Gasteiger partial charge in [0.15, 0.2) is 0 Å². The molecule has 0 radical (unpaired) electrons. The molecule has 8 heteroatoms. The molecule has 6 rings (SSSR count). The van der Waals surface area contributed by atoms with Crippen LogP contribution < -0.4 is 14.8 Å². The minimum Gasteiger partial charge on any atom is -0.473 e. The molecule has 0 aliphatic carbocycles. The fourth-order valence-electron chi connectivity index (χ4n) is 6.29. The summed E-state index contributed by atoms with van der Waals surface area (Å²) in [6, 6.07) is 28.1. The van der Waals surface area contributed by atoms with Gasteiger partial charge in [-0.15, -0.1) is 0 Å². The average molecular weight is 610 g/mol. The molecule has 0 saturated carbocycles. The van der Waals surface area contributed by atoms with Gasteiger partial charge in [-0.3, -0.25) is 4.90 Å². The van der Waals surface area contributed by atoms with E-state index < -0.39 is 17.7 Å². The van der Waals surface area contributed by atoms with Crippen LogP contribution >= 0.6 is 0 Å². The van der Waals surface area contributed by atoms with E-state index in [-0.39, 0.29) is 11.2 Å². The minimum absolute atomic E-state index is 0.187. The molecular weight excluding hydrogens is 569 g/mol. The smallest absolute Gasteiger partial charge is 0.410 e. The van der Waals surface area contributed by atoms with Gasteiger partial charge in [-0.1, -0.05) is 72.8 Å². The molecule has 1 unspecified atom stereocenters. The number of rotatable bonds is 8. The Labute approximate surface area is 264 Å². The number of hydrogen-bond donors (Lipinski definition) is 1. The number of aromatic nitrogens is 1. The molecule has 2 saturated heterocycles. The van der Waals surface area contributed by atoms with Crippen molar-refractivity contribution in [2.45, 2.75) is 58.5 Å². The Morgan fingerprint density at radius 2 is 1.56 bits per heavy atom. The number of hydrogen-bond acceptors (Lipinski definition) is 6. The minimum atomic E-state index is -0.638. The molecule has 1 atom stereocenters. The standard InChI is InChI=1S/C37H40FN3O4/c1-36(2,3)45-35(42)41-25-37(18-20-39-21-19-37)33(41)30-15-14-28(22-31(30)38)29-16-17-32(43-23-26-10-6-4-7-11-26)40-34(29)44-24-27-12-8-5-9-13-27/h4-17,22,33,39H,18-21,23-25H2,1-3H3. The van der Waals surface area contributed by atoms with E-state index in [0.717, 1.165) is 37.1 Å². The lowest BCUT2D eigenvalue weighted by atomic mass is 9.63. The van der Waals surface area contributed by atoms with Gasteiger partial charge in [-0.25, -0.2) is 9.18 Å². The van der Waals surface area contributed by atoms with E-state index in [1.54, 1.807) is 17.0 Å². The highest BCUT2D eigenvalue weighted by Crippen LogP contribution is 2.55. The highest BCUT2D eigenvalue weighted by molar-refractivity contribution is 5.72. The SMILES string of the molecule is CC(C)(C)OC(=O)N1CC2(CCNCC2)C1c1ccc(-c2ccc(OCc3ccccc3)nc2OCc2ccccc2)cc1F. The first-order chi connectivity index (χ1) is 21.7. The zero-order valence-electron chi connectivity index (χ0n) is 26.1. The maximum Gasteiger partial charge on any atom is 0.410 e. The Balaban J connectivity index is 1.30. The van der Waals surface area contributed by atoms with Crippen LogP contribution in [0.3, 0.4) is 0 Å². The topological polar surface area (TPSA) is 72.9 Å². The number of piperidine rings is 1. The third-order valence-corrected chi connectivity index (χ3v) is 8.49. The second-order valence-electron chi connectivity index (χ2n) is 12.9. The van der Waals surface area contributed by atoms with Crippen molar-refractivity contribution < 1.29 is 23.4 Å². The third kappa shape index (κ3) is 6.96. The molecule has 3 aromatic carbocycles. The summed E-state index contributed by atoms with van der Waals surface area (Å²) in [5, 5.41) is 3.40. The summed E-state index contributed by atoms with van der Waals surface area (Å²) >= 11 is 0. The highest BCUT2D eigenvalue weighted by Gasteiger charge is 2.56. The molecule has 1 spiro atoms. The van der Waals surface area contributed by atoms with E-state index in [2.05, 4.69) is 10.3 Å². The van der Waals surface area contributed by atoms with Gasteiger partial charge < -0.3 is 19.5 Å². The van der Waals surface area contributed by atoms with Crippen LogP contribution in [-0.4, -0.2) is 41.2 Å². The fraction of sp³-hybridized carbons (Fsp3) is 0.351. The Hall–Kier alpha value is -4.43. The predicted molar refractivity (Wildman–Crippen MR) is 171 cm³/mol. The Kier molecular flexibility index (Phi) is 8.76.